The van der Waals surface area contributed by atoms with Crippen molar-refractivity contribution in [2.75, 3.05) is 25.7 Å². The Morgan fingerprint density at radius 3 is 2.90 bits per heavy atom. The predicted molar refractivity (Wildman–Crippen MR) is 83.2 cm³/mol. The minimum Gasteiger partial charge on any atom is -0.345 e. The van der Waals surface area contributed by atoms with Gasteiger partial charge in [0, 0.05) is 31.4 Å². The van der Waals surface area contributed by atoms with Gasteiger partial charge >= 0.3 is 0 Å². The summed E-state index contributed by atoms with van der Waals surface area (Å²) in [5.41, 5.74) is 3.89. The number of para-hydroxylation sites is 1. The van der Waals surface area contributed by atoms with Gasteiger partial charge in [-0.15, -0.1) is 0 Å². The highest BCUT2D eigenvalue weighted by molar-refractivity contribution is 5.55. The highest BCUT2D eigenvalue weighted by Crippen LogP contribution is 2.42. The Kier molecular flexibility index (Phi) is 3.01. The van der Waals surface area contributed by atoms with Crippen LogP contribution in [0.4, 0.5) is 5.69 Å². The fourth-order valence-corrected chi connectivity index (χ4v) is 3.52. The molecule has 0 unspecified atom stereocenters. The summed E-state index contributed by atoms with van der Waals surface area (Å²) in [5.74, 6) is 0. The highest BCUT2D eigenvalue weighted by atomic mass is 16.7. The van der Waals surface area contributed by atoms with Crippen LogP contribution in [0.15, 0.2) is 42.6 Å². The molecule has 3 heterocycles. The van der Waals surface area contributed by atoms with Gasteiger partial charge in [-0.05, 0) is 37.9 Å². The molecule has 4 rings (SSSR count). The SMILES string of the molecule is CN(C)C[C@H]1C[C@@H]2c3cccn3Cc3ccccc3N2O1. The molecule has 2 aliphatic heterocycles. The van der Waals surface area contributed by atoms with Crippen LogP contribution in [-0.2, 0) is 11.4 Å². The molecule has 0 N–H and O–H groups in total. The molecule has 1 aromatic carbocycles. The molecule has 2 atom stereocenters. The average molecular weight is 283 g/mol. The molecule has 21 heavy (non-hydrogen) atoms. The topological polar surface area (TPSA) is 20.6 Å². The first-order valence-electron chi connectivity index (χ1n) is 7.56. The number of anilines is 1. The Labute approximate surface area is 125 Å². The molecule has 0 aliphatic carbocycles. The molecule has 4 nitrogen and oxygen atoms in total. The lowest BCUT2D eigenvalue weighted by atomic mass is 10.1. The van der Waals surface area contributed by atoms with Crippen LogP contribution in [0.25, 0.3) is 0 Å². The van der Waals surface area contributed by atoms with Crippen LogP contribution in [0.1, 0.15) is 23.7 Å². The lowest BCUT2D eigenvalue weighted by molar-refractivity contribution is 0.0649. The van der Waals surface area contributed by atoms with Gasteiger partial charge in [0.2, 0.25) is 0 Å². The third-order valence-corrected chi connectivity index (χ3v) is 4.38. The molecule has 0 amide bonds. The van der Waals surface area contributed by atoms with Gasteiger partial charge < -0.3 is 9.47 Å². The third kappa shape index (κ3) is 2.15. The van der Waals surface area contributed by atoms with Gasteiger partial charge in [-0.25, -0.2) is 5.06 Å². The number of benzene rings is 1. The summed E-state index contributed by atoms with van der Waals surface area (Å²) >= 11 is 0. The summed E-state index contributed by atoms with van der Waals surface area (Å²) < 4.78 is 2.35. The molecule has 110 valence electrons. The minimum absolute atomic E-state index is 0.250. The third-order valence-electron chi connectivity index (χ3n) is 4.38. The van der Waals surface area contributed by atoms with E-state index in [1.807, 2.05) is 0 Å². The van der Waals surface area contributed by atoms with E-state index in [2.05, 4.69) is 71.2 Å². The molecule has 0 bridgehead atoms. The van der Waals surface area contributed by atoms with Crippen LogP contribution in [0, 0.1) is 0 Å². The van der Waals surface area contributed by atoms with E-state index in [1.165, 1.54) is 16.9 Å². The summed E-state index contributed by atoms with van der Waals surface area (Å²) in [7, 11) is 4.20. The average Bonchev–Trinajstić information content (AvgIpc) is 3.03. The molecule has 2 aromatic rings. The molecular weight excluding hydrogens is 262 g/mol. The lowest BCUT2D eigenvalue weighted by Gasteiger charge is -2.24. The van der Waals surface area contributed by atoms with Crippen molar-refractivity contribution >= 4 is 5.69 Å². The van der Waals surface area contributed by atoms with Gasteiger partial charge in [-0.1, -0.05) is 18.2 Å². The van der Waals surface area contributed by atoms with Crippen LogP contribution >= 0.6 is 0 Å². The van der Waals surface area contributed by atoms with Gasteiger partial charge in [-0.2, -0.15) is 0 Å². The van der Waals surface area contributed by atoms with E-state index < -0.39 is 0 Å². The fourth-order valence-electron chi connectivity index (χ4n) is 3.52. The molecule has 0 spiro atoms. The van der Waals surface area contributed by atoms with Crippen LogP contribution < -0.4 is 5.06 Å². The first-order valence-corrected chi connectivity index (χ1v) is 7.56. The molecular formula is C17H21N3O. The van der Waals surface area contributed by atoms with Crippen molar-refractivity contribution in [1.29, 1.82) is 0 Å². The second-order valence-corrected chi connectivity index (χ2v) is 6.26. The summed E-state index contributed by atoms with van der Waals surface area (Å²) in [4.78, 5) is 8.48. The van der Waals surface area contributed by atoms with E-state index in [9.17, 15) is 0 Å². The smallest absolute Gasteiger partial charge is 0.101 e. The van der Waals surface area contributed by atoms with E-state index in [1.54, 1.807) is 0 Å². The Morgan fingerprint density at radius 1 is 1.19 bits per heavy atom. The monoisotopic (exact) mass is 283 g/mol. The van der Waals surface area contributed by atoms with Crippen molar-refractivity contribution in [3.05, 3.63) is 53.9 Å². The second kappa shape index (κ2) is 4.90. The Morgan fingerprint density at radius 2 is 2.05 bits per heavy atom. The van der Waals surface area contributed by atoms with E-state index in [0.717, 1.165) is 19.5 Å². The molecule has 1 saturated heterocycles. The number of nitrogens with zero attached hydrogens (tertiary/aromatic N) is 3. The van der Waals surface area contributed by atoms with Gasteiger partial charge in [0.15, 0.2) is 0 Å². The molecule has 1 aromatic heterocycles. The van der Waals surface area contributed by atoms with E-state index in [4.69, 9.17) is 4.84 Å². The van der Waals surface area contributed by atoms with Crippen molar-refractivity contribution in [2.45, 2.75) is 25.1 Å². The summed E-state index contributed by atoms with van der Waals surface area (Å²) in [6.45, 7) is 1.88. The predicted octanol–water partition coefficient (Wildman–Crippen LogP) is 2.66. The maximum Gasteiger partial charge on any atom is 0.101 e. The second-order valence-electron chi connectivity index (χ2n) is 6.26. The van der Waals surface area contributed by atoms with Crippen LogP contribution in [0.2, 0.25) is 0 Å². The fraction of sp³-hybridized carbons (Fsp3) is 0.412. The van der Waals surface area contributed by atoms with E-state index in [0.29, 0.717) is 6.04 Å². The number of fused-ring (bicyclic) bond motifs is 5. The number of hydrogen-bond donors (Lipinski definition) is 0. The maximum atomic E-state index is 6.29. The quantitative estimate of drug-likeness (QED) is 0.845. The van der Waals surface area contributed by atoms with Gasteiger partial charge in [0.1, 0.15) is 6.10 Å². The van der Waals surface area contributed by atoms with Crippen LogP contribution in [-0.4, -0.2) is 36.2 Å². The van der Waals surface area contributed by atoms with Crippen LogP contribution in [0.5, 0.6) is 0 Å². The lowest BCUT2D eigenvalue weighted by Crippen LogP contribution is -2.27. The summed E-state index contributed by atoms with van der Waals surface area (Å²) in [5, 5.41) is 2.14. The summed E-state index contributed by atoms with van der Waals surface area (Å²) in [6, 6.07) is 13.3. The zero-order valence-corrected chi connectivity index (χ0v) is 12.6. The molecule has 1 fully saturated rings. The van der Waals surface area contributed by atoms with Crippen molar-refractivity contribution in [3.63, 3.8) is 0 Å². The van der Waals surface area contributed by atoms with E-state index in [-0.39, 0.29) is 6.10 Å². The highest BCUT2D eigenvalue weighted by Gasteiger charge is 2.38. The zero-order valence-electron chi connectivity index (χ0n) is 12.6. The minimum atomic E-state index is 0.250. The van der Waals surface area contributed by atoms with Gasteiger partial charge in [0.25, 0.3) is 0 Å². The van der Waals surface area contributed by atoms with Crippen molar-refractivity contribution in [3.8, 4) is 0 Å². The largest absolute Gasteiger partial charge is 0.345 e. The van der Waals surface area contributed by atoms with Crippen molar-refractivity contribution in [1.82, 2.24) is 9.47 Å². The Hall–Kier alpha value is -1.78. The van der Waals surface area contributed by atoms with Crippen molar-refractivity contribution in [2.24, 2.45) is 0 Å². The number of likely N-dealkylation sites (N-methyl/N-ethyl adjacent to an activating group) is 1. The van der Waals surface area contributed by atoms with Gasteiger partial charge in [0.05, 0.1) is 11.7 Å². The molecule has 0 saturated carbocycles. The maximum absolute atomic E-state index is 6.29. The van der Waals surface area contributed by atoms with Crippen LogP contribution in [0.3, 0.4) is 0 Å². The Balaban J connectivity index is 1.76. The molecule has 4 heteroatoms. The number of hydrogen-bond acceptors (Lipinski definition) is 3. The molecule has 0 radical (unpaired) electrons. The normalized spacial score (nSPS) is 23.7. The first kappa shape index (κ1) is 12.9. The number of rotatable bonds is 2. The molecule has 2 aliphatic rings. The first-order chi connectivity index (χ1) is 10.2. The number of hydroxylamine groups is 1. The van der Waals surface area contributed by atoms with Crippen molar-refractivity contribution < 1.29 is 4.84 Å². The zero-order chi connectivity index (χ0) is 14.4. The standard InChI is InChI=1S/C17H21N3O/c1-18(2)12-14-10-17-16-8-5-9-19(16)11-13-6-3-4-7-15(13)20(17)21-14/h3-9,14,17H,10-12H2,1-2H3/t14-,17-/m1/s1. The van der Waals surface area contributed by atoms with Gasteiger partial charge in [-0.3, -0.25) is 4.84 Å². The number of aromatic nitrogens is 1. The Bertz CT molecular complexity index is 649. The summed E-state index contributed by atoms with van der Waals surface area (Å²) in [6.07, 6.45) is 3.46. The van der Waals surface area contributed by atoms with E-state index >= 15 is 0 Å².